The number of nitrogens with zero attached hydrogens (tertiary/aromatic N) is 2. The Morgan fingerprint density at radius 2 is 1.93 bits per heavy atom. The molecule has 0 radical (unpaired) electrons. The van der Waals surface area contributed by atoms with E-state index >= 15 is 0 Å². The van der Waals surface area contributed by atoms with E-state index in [1.165, 1.54) is 0 Å². The summed E-state index contributed by atoms with van der Waals surface area (Å²) in [6.45, 7) is 4.91. The second-order valence-electron chi connectivity index (χ2n) is 13.0. The minimum absolute atomic E-state index is 0.0286. The number of hydrogen-bond donors (Lipinski definition) is 2. The number of methoxy groups -OCH3 is 2. The Bertz CT molecular complexity index is 964. The van der Waals surface area contributed by atoms with E-state index in [1.54, 1.807) is 14.2 Å². The Labute approximate surface area is 238 Å². The first kappa shape index (κ1) is 28.4. The number of piperidine rings is 2. The summed E-state index contributed by atoms with van der Waals surface area (Å²) in [5.41, 5.74) is 0. The van der Waals surface area contributed by atoms with Crippen LogP contribution in [0.5, 0.6) is 0 Å². The van der Waals surface area contributed by atoms with Gasteiger partial charge in [-0.2, -0.15) is 0 Å². The number of nitrogens with one attached hydrogen (secondary N) is 2. The Morgan fingerprint density at radius 3 is 2.67 bits per heavy atom. The standard InChI is InChI=1S/C30H48N4O6/c1-17(29(36)32-12-5-15-33-14-4-6-24(33)35)40-18-7-9-22-21(16-18)19-11-13-31-26-20-8-10-23(38-2)28(39-3)25(20)30(37)34(22)27(19)26/h17-23,25-28,31H,4-16H2,1-3H3,(H,32,36). The highest BCUT2D eigenvalue weighted by Gasteiger charge is 2.64. The summed E-state index contributed by atoms with van der Waals surface area (Å²) in [4.78, 5) is 42.9. The van der Waals surface area contributed by atoms with Crippen LogP contribution in [-0.2, 0) is 28.6 Å². The summed E-state index contributed by atoms with van der Waals surface area (Å²) < 4.78 is 18.0. The molecule has 6 fully saturated rings. The number of amides is 3. The molecule has 3 amide bonds. The molecule has 4 aliphatic heterocycles. The highest BCUT2D eigenvalue weighted by atomic mass is 16.5. The average Bonchev–Trinajstić information content (AvgIpc) is 3.53. The van der Waals surface area contributed by atoms with Crippen LogP contribution in [0.25, 0.3) is 0 Å². The summed E-state index contributed by atoms with van der Waals surface area (Å²) in [5.74, 6) is 1.42. The lowest BCUT2D eigenvalue weighted by Crippen LogP contribution is -2.70. The summed E-state index contributed by atoms with van der Waals surface area (Å²) in [6.07, 6.45) is 7.31. The molecule has 11 atom stereocenters. The lowest BCUT2D eigenvalue weighted by molar-refractivity contribution is -0.175. The molecule has 0 aromatic heterocycles. The largest absolute Gasteiger partial charge is 0.379 e. The van der Waals surface area contributed by atoms with Gasteiger partial charge in [0.25, 0.3) is 0 Å². The predicted molar refractivity (Wildman–Crippen MR) is 147 cm³/mol. The van der Waals surface area contributed by atoms with Crippen molar-refractivity contribution in [3.8, 4) is 0 Å². The van der Waals surface area contributed by atoms with Gasteiger partial charge in [0.15, 0.2) is 0 Å². The zero-order valence-corrected chi connectivity index (χ0v) is 24.4. The Kier molecular flexibility index (Phi) is 8.41. The SMILES string of the molecule is COC1CCC2C3NCCC4C5CC(OC(C)C(=O)NCCCN6CCCC6=O)CCC5N(C(=O)C2C1OC)C43. The zero-order valence-electron chi connectivity index (χ0n) is 24.4. The van der Waals surface area contributed by atoms with Crippen LogP contribution >= 0.6 is 0 Å². The molecule has 6 aliphatic rings. The molecule has 0 bridgehead atoms. The van der Waals surface area contributed by atoms with Gasteiger partial charge in [-0.05, 0) is 82.6 Å². The van der Waals surface area contributed by atoms with Crippen molar-refractivity contribution in [2.45, 2.75) is 107 Å². The van der Waals surface area contributed by atoms with Crippen LogP contribution < -0.4 is 10.6 Å². The maximum Gasteiger partial charge on any atom is 0.248 e. The fraction of sp³-hybridized carbons (Fsp3) is 0.900. The van der Waals surface area contributed by atoms with Crippen molar-refractivity contribution in [3.63, 3.8) is 0 Å². The quantitative estimate of drug-likeness (QED) is 0.410. The molecule has 2 saturated carbocycles. The van der Waals surface area contributed by atoms with Gasteiger partial charge < -0.3 is 34.6 Å². The molecule has 224 valence electrons. The fourth-order valence-electron chi connectivity index (χ4n) is 9.38. The van der Waals surface area contributed by atoms with E-state index < -0.39 is 6.10 Å². The topological polar surface area (TPSA) is 109 Å². The molecule has 40 heavy (non-hydrogen) atoms. The van der Waals surface area contributed by atoms with Crippen molar-refractivity contribution in [2.24, 2.45) is 23.7 Å². The zero-order chi connectivity index (χ0) is 28.0. The van der Waals surface area contributed by atoms with Crippen LogP contribution in [0.2, 0.25) is 0 Å². The Balaban J connectivity index is 1.07. The summed E-state index contributed by atoms with van der Waals surface area (Å²) in [7, 11) is 3.45. The van der Waals surface area contributed by atoms with Crippen LogP contribution in [0.1, 0.15) is 64.7 Å². The van der Waals surface area contributed by atoms with Crippen molar-refractivity contribution in [3.05, 3.63) is 0 Å². The number of rotatable bonds is 9. The molecule has 0 aromatic carbocycles. The van der Waals surface area contributed by atoms with Gasteiger partial charge in [0.2, 0.25) is 17.7 Å². The van der Waals surface area contributed by atoms with E-state index in [-0.39, 0.29) is 60.0 Å². The summed E-state index contributed by atoms with van der Waals surface area (Å²) >= 11 is 0. The van der Waals surface area contributed by atoms with Crippen LogP contribution in [-0.4, -0.2) is 110 Å². The highest BCUT2D eigenvalue weighted by molar-refractivity contribution is 5.83. The number of hydrogen-bond acceptors (Lipinski definition) is 7. The van der Waals surface area contributed by atoms with Gasteiger partial charge in [-0.3, -0.25) is 14.4 Å². The normalized spacial score (nSPS) is 41.4. The molecule has 4 saturated heterocycles. The van der Waals surface area contributed by atoms with E-state index in [0.29, 0.717) is 37.4 Å². The molecule has 4 heterocycles. The average molecular weight is 561 g/mol. The van der Waals surface area contributed by atoms with Crippen LogP contribution in [0.4, 0.5) is 0 Å². The lowest BCUT2D eigenvalue weighted by atomic mass is 9.64. The molecule has 10 heteroatoms. The highest BCUT2D eigenvalue weighted by Crippen LogP contribution is 2.54. The number of ether oxygens (including phenoxy) is 3. The minimum Gasteiger partial charge on any atom is -0.379 e. The minimum atomic E-state index is -0.516. The predicted octanol–water partition coefficient (Wildman–Crippen LogP) is 1.32. The van der Waals surface area contributed by atoms with E-state index in [9.17, 15) is 14.4 Å². The van der Waals surface area contributed by atoms with Crippen molar-refractivity contribution in [2.75, 3.05) is 40.4 Å². The van der Waals surface area contributed by atoms with Gasteiger partial charge in [0.05, 0.1) is 30.3 Å². The third kappa shape index (κ3) is 4.96. The molecule has 2 N–H and O–H groups in total. The molecule has 2 aliphatic carbocycles. The third-order valence-electron chi connectivity index (χ3n) is 11.1. The third-order valence-corrected chi connectivity index (χ3v) is 11.1. The smallest absolute Gasteiger partial charge is 0.248 e. The first-order chi connectivity index (χ1) is 19.4. The summed E-state index contributed by atoms with van der Waals surface area (Å²) in [6, 6.07) is 0.794. The van der Waals surface area contributed by atoms with Gasteiger partial charge in [-0.1, -0.05) is 0 Å². The number of carbonyl (C=O) groups is 3. The van der Waals surface area contributed by atoms with E-state index in [4.69, 9.17) is 14.2 Å². The van der Waals surface area contributed by atoms with Gasteiger partial charge >= 0.3 is 0 Å². The molecular formula is C30H48N4O6. The molecule has 10 nitrogen and oxygen atoms in total. The second-order valence-corrected chi connectivity index (χ2v) is 13.0. The van der Waals surface area contributed by atoms with E-state index in [2.05, 4.69) is 15.5 Å². The van der Waals surface area contributed by atoms with Crippen LogP contribution in [0.15, 0.2) is 0 Å². The van der Waals surface area contributed by atoms with Crippen LogP contribution in [0.3, 0.4) is 0 Å². The lowest BCUT2D eigenvalue weighted by Gasteiger charge is -2.55. The van der Waals surface area contributed by atoms with E-state index in [0.717, 1.165) is 64.5 Å². The van der Waals surface area contributed by atoms with Gasteiger partial charge in [0, 0.05) is 52.4 Å². The Hall–Kier alpha value is -1.75. The van der Waals surface area contributed by atoms with Crippen molar-refractivity contribution < 1.29 is 28.6 Å². The maximum atomic E-state index is 14.2. The molecular weight excluding hydrogens is 512 g/mol. The fourth-order valence-corrected chi connectivity index (χ4v) is 9.38. The second kappa shape index (κ2) is 11.9. The monoisotopic (exact) mass is 560 g/mol. The number of carbonyl (C=O) groups excluding carboxylic acids is 3. The Morgan fingerprint density at radius 1 is 1.07 bits per heavy atom. The van der Waals surface area contributed by atoms with Gasteiger partial charge in [-0.25, -0.2) is 0 Å². The first-order valence-electron chi connectivity index (χ1n) is 15.7. The van der Waals surface area contributed by atoms with Crippen molar-refractivity contribution in [1.82, 2.24) is 20.4 Å². The van der Waals surface area contributed by atoms with Crippen molar-refractivity contribution in [1.29, 1.82) is 0 Å². The molecule has 0 aromatic rings. The van der Waals surface area contributed by atoms with Gasteiger partial charge in [-0.15, -0.1) is 0 Å². The molecule has 0 spiro atoms. The number of likely N-dealkylation sites (tertiary alicyclic amines) is 1. The maximum absolute atomic E-state index is 14.2. The molecule has 6 rings (SSSR count). The van der Waals surface area contributed by atoms with Crippen LogP contribution in [0, 0.1) is 23.7 Å². The summed E-state index contributed by atoms with van der Waals surface area (Å²) in [5, 5.41) is 6.84. The van der Waals surface area contributed by atoms with Gasteiger partial charge in [0.1, 0.15) is 6.10 Å². The first-order valence-corrected chi connectivity index (χ1v) is 15.7. The van der Waals surface area contributed by atoms with E-state index in [1.807, 2.05) is 11.8 Å². The van der Waals surface area contributed by atoms with Crippen molar-refractivity contribution >= 4 is 17.7 Å². The molecule has 11 unspecified atom stereocenters. The number of fused-ring (bicyclic) bond motifs is 5.